The Morgan fingerprint density at radius 2 is 1.91 bits per heavy atom. The minimum absolute atomic E-state index is 0.531. The number of amides is 4. The van der Waals surface area contributed by atoms with E-state index in [2.05, 4.69) is 4.99 Å². The van der Waals surface area contributed by atoms with Crippen LogP contribution in [0, 0.1) is 5.92 Å². The third-order valence-corrected chi connectivity index (χ3v) is 2.80. The first-order chi connectivity index (χ1) is 10.1. The molecule has 4 amide bonds. The van der Waals surface area contributed by atoms with Gasteiger partial charge in [-0.05, 0) is 13.8 Å². The predicted octanol–water partition coefficient (Wildman–Crippen LogP) is -3.58. The number of carbonyl (C=O) groups is 5. The highest BCUT2D eigenvalue weighted by Crippen LogP contribution is 2.12. The number of carboxylic acids is 2. The molecule has 0 saturated carbocycles. The number of hydrogen-bond donors (Lipinski definition) is 1. The molecule has 0 radical (unpaired) electrons. The molecular weight excluding hydrogens is 298 g/mol. The van der Waals surface area contributed by atoms with Crippen molar-refractivity contribution < 1.29 is 34.2 Å². The number of carboxylic acid groups (broad SMARTS) is 2. The number of rotatable bonds is 6. The molecule has 0 aliphatic carbocycles. The van der Waals surface area contributed by atoms with Gasteiger partial charge in [0.25, 0.3) is 0 Å². The Bertz CT molecular complexity index is 555. The Hall–Kier alpha value is -2.78. The summed E-state index contributed by atoms with van der Waals surface area (Å²) in [5, 5.41) is 23.1. The summed E-state index contributed by atoms with van der Waals surface area (Å²) < 4.78 is 0. The van der Waals surface area contributed by atoms with Crippen LogP contribution in [0.4, 0.5) is 4.79 Å². The van der Waals surface area contributed by atoms with Crippen LogP contribution >= 0.6 is 0 Å². The fourth-order valence-corrected chi connectivity index (χ4v) is 1.77. The van der Waals surface area contributed by atoms with Gasteiger partial charge in [-0.1, -0.05) is 0 Å². The first-order valence-electron chi connectivity index (χ1n) is 6.27. The van der Waals surface area contributed by atoms with Crippen LogP contribution in [0.3, 0.4) is 0 Å². The van der Waals surface area contributed by atoms with E-state index in [9.17, 15) is 34.2 Å². The largest absolute Gasteiger partial charge is 0.550 e. The van der Waals surface area contributed by atoms with Crippen LogP contribution in [0.2, 0.25) is 0 Å². The van der Waals surface area contributed by atoms with Gasteiger partial charge in [0.15, 0.2) is 5.92 Å². The average Bonchev–Trinajstić information content (AvgIpc) is 2.35. The maximum atomic E-state index is 12.1. The molecule has 0 bridgehead atoms. The van der Waals surface area contributed by atoms with Crippen LogP contribution in [0.1, 0.15) is 20.3 Å². The highest BCUT2D eigenvalue weighted by Gasteiger charge is 2.40. The minimum Gasteiger partial charge on any atom is -0.550 e. The van der Waals surface area contributed by atoms with Gasteiger partial charge in [0.1, 0.15) is 0 Å². The van der Waals surface area contributed by atoms with Crippen molar-refractivity contribution in [3.05, 3.63) is 0 Å². The van der Waals surface area contributed by atoms with Gasteiger partial charge < -0.3 is 19.8 Å². The number of hydrogen-bond acceptors (Lipinski definition) is 8. The van der Waals surface area contributed by atoms with Crippen molar-refractivity contribution in [1.29, 1.82) is 0 Å². The van der Waals surface area contributed by atoms with Crippen LogP contribution in [-0.2, 0) is 19.2 Å². The summed E-state index contributed by atoms with van der Waals surface area (Å²) in [5.41, 5.74) is 0. The van der Waals surface area contributed by atoms with E-state index < -0.39 is 54.2 Å². The SMILES string of the molecule is CC(C)N1C(=O)NC(=O)[C@H](C=N[C@H](CC(=O)[O-])C(=O)[O-])C1=O. The van der Waals surface area contributed by atoms with Gasteiger partial charge in [-0.2, -0.15) is 0 Å². The number of aliphatic carboxylic acids is 2. The van der Waals surface area contributed by atoms with Crippen molar-refractivity contribution in [2.45, 2.75) is 32.4 Å². The molecule has 1 aliphatic rings. The highest BCUT2D eigenvalue weighted by atomic mass is 16.4. The maximum Gasteiger partial charge on any atom is 0.331 e. The minimum atomic E-state index is -1.80. The molecule has 1 fully saturated rings. The van der Waals surface area contributed by atoms with E-state index in [0.717, 1.165) is 4.90 Å². The number of urea groups is 1. The average molecular weight is 311 g/mol. The zero-order valence-corrected chi connectivity index (χ0v) is 11.8. The molecule has 10 nitrogen and oxygen atoms in total. The second-order valence-electron chi connectivity index (χ2n) is 4.78. The van der Waals surface area contributed by atoms with Gasteiger partial charge in [-0.15, -0.1) is 0 Å². The van der Waals surface area contributed by atoms with Gasteiger partial charge in [0.2, 0.25) is 11.8 Å². The third-order valence-electron chi connectivity index (χ3n) is 2.80. The zero-order valence-electron chi connectivity index (χ0n) is 11.8. The summed E-state index contributed by atoms with van der Waals surface area (Å²) in [7, 11) is 0. The standard InChI is InChI=1S/C12H15N3O7/c1-5(2)15-10(19)6(9(18)14-12(15)22)4-13-7(11(20)21)3-8(16)17/h4-7H,3H2,1-2H3,(H,16,17)(H,20,21)(H,14,18,22)/p-2/t6-,7+/m0/s1. The number of imide groups is 2. The van der Waals surface area contributed by atoms with Gasteiger partial charge in [0, 0.05) is 24.6 Å². The van der Waals surface area contributed by atoms with Gasteiger partial charge in [-0.3, -0.25) is 24.8 Å². The normalized spacial score (nSPS) is 20.4. The summed E-state index contributed by atoms with van der Waals surface area (Å²) in [4.78, 5) is 60.5. The van der Waals surface area contributed by atoms with Crippen LogP contribution in [0.15, 0.2) is 4.99 Å². The Labute approximate surface area is 124 Å². The molecule has 0 unspecified atom stereocenters. The van der Waals surface area contributed by atoms with E-state index in [4.69, 9.17) is 0 Å². The van der Waals surface area contributed by atoms with Crippen LogP contribution in [-0.4, -0.2) is 53.0 Å². The maximum absolute atomic E-state index is 12.1. The Kier molecular flexibility index (Phi) is 5.33. The van der Waals surface area contributed by atoms with Crippen molar-refractivity contribution in [2.24, 2.45) is 10.9 Å². The molecule has 120 valence electrons. The summed E-state index contributed by atoms with van der Waals surface area (Å²) in [5.74, 6) is -6.84. The highest BCUT2D eigenvalue weighted by molar-refractivity contribution is 6.23. The number of aliphatic imine (C=N–C) groups is 1. The third kappa shape index (κ3) is 3.87. The molecule has 0 aromatic heterocycles. The van der Waals surface area contributed by atoms with Gasteiger partial charge >= 0.3 is 6.03 Å². The van der Waals surface area contributed by atoms with E-state index in [1.54, 1.807) is 13.8 Å². The zero-order chi connectivity index (χ0) is 17.0. The fourth-order valence-electron chi connectivity index (χ4n) is 1.77. The lowest BCUT2D eigenvalue weighted by atomic mass is 10.1. The molecule has 22 heavy (non-hydrogen) atoms. The number of barbiturate groups is 1. The van der Waals surface area contributed by atoms with Crippen LogP contribution in [0.5, 0.6) is 0 Å². The molecule has 2 atom stereocenters. The topological polar surface area (TPSA) is 159 Å². The van der Waals surface area contributed by atoms with E-state index in [-0.39, 0.29) is 0 Å². The van der Waals surface area contributed by atoms with E-state index in [0.29, 0.717) is 6.21 Å². The Balaban J connectivity index is 2.98. The lowest BCUT2D eigenvalue weighted by molar-refractivity contribution is -0.316. The molecule has 1 saturated heterocycles. The monoisotopic (exact) mass is 311 g/mol. The smallest absolute Gasteiger partial charge is 0.331 e. The summed E-state index contributed by atoms with van der Waals surface area (Å²) >= 11 is 0. The molecule has 0 aromatic rings. The van der Waals surface area contributed by atoms with Crippen LogP contribution in [0.25, 0.3) is 0 Å². The summed E-state index contributed by atoms with van der Waals surface area (Å²) in [6.07, 6.45) is -0.267. The quantitative estimate of drug-likeness (QED) is 0.392. The molecular formula is C12H13N3O7-2. The van der Waals surface area contributed by atoms with Crippen molar-refractivity contribution in [3.63, 3.8) is 0 Å². The number of carbonyl (C=O) groups excluding carboxylic acids is 5. The fraction of sp³-hybridized carbons (Fsp3) is 0.500. The first kappa shape index (κ1) is 17.3. The summed E-state index contributed by atoms with van der Waals surface area (Å²) in [6.45, 7) is 3.09. The second-order valence-corrected chi connectivity index (χ2v) is 4.78. The molecule has 0 spiro atoms. The van der Waals surface area contributed by atoms with Gasteiger partial charge in [-0.25, -0.2) is 4.79 Å². The van der Waals surface area contributed by atoms with E-state index >= 15 is 0 Å². The predicted molar refractivity (Wildman–Crippen MR) is 65.9 cm³/mol. The Morgan fingerprint density at radius 3 is 2.36 bits per heavy atom. The molecule has 10 heteroatoms. The lowest BCUT2D eigenvalue weighted by Gasteiger charge is -2.31. The van der Waals surface area contributed by atoms with Crippen LogP contribution < -0.4 is 15.5 Å². The van der Waals surface area contributed by atoms with E-state index in [1.807, 2.05) is 5.32 Å². The second kappa shape index (κ2) is 6.78. The lowest BCUT2D eigenvalue weighted by Crippen LogP contribution is -2.60. The number of nitrogens with one attached hydrogen (secondary N) is 1. The van der Waals surface area contributed by atoms with Crippen molar-refractivity contribution in [2.75, 3.05) is 0 Å². The van der Waals surface area contributed by atoms with Crippen molar-refractivity contribution >= 4 is 36.0 Å². The molecule has 0 aromatic carbocycles. The van der Waals surface area contributed by atoms with Gasteiger partial charge in [0.05, 0.1) is 12.0 Å². The van der Waals surface area contributed by atoms with Crippen molar-refractivity contribution in [3.8, 4) is 0 Å². The molecule has 1 N–H and O–H groups in total. The first-order valence-corrected chi connectivity index (χ1v) is 6.27. The van der Waals surface area contributed by atoms with E-state index in [1.165, 1.54) is 0 Å². The van der Waals surface area contributed by atoms with Crippen molar-refractivity contribution in [1.82, 2.24) is 10.2 Å². The molecule has 1 aliphatic heterocycles. The Morgan fingerprint density at radius 1 is 1.32 bits per heavy atom. The number of nitrogens with zero attached hydrogens (tertiary/aromatic N) is 2. The summed E-state index contributed by atoms with van der Waals surface area (Å²) in [6, 6.07) is -3.21. The molecule has 1 rings (SSSR count). The molecule has 1 heterocycles.